The van der Waals surface area contributed by atoms with Gasteiger partial charge < -0.3 is 10.2 Å². The lowest BCUT2D eigenvalue weighted by Gasteiger charge is -2.21. The van der Waals surface area contributed by atoms with Crippen LogP contribution < -0.4 is 0 Å². The van der Waals surface area contributed by atoms with Crippen LogP contribution in [0.25, 0.3) is 0 Å². The predicted octanol–water partition coefficient (Wildman–Crippen LogP) is -0.742. The van der Waals surface area contributed by atoms with E-state index in [9.17, 15) is 13.2 Å². The number of sulfone groups is 1. The van der Waals surface area contributed by atoms with Gasteiger partial charge in [-0.05, 0) is 6.42 Å². The molecule has 76 valence electrons. The highest BCUT2D eigenvalue weighted by Gasteiger charge is 2.43. The second-order valence-electron chi connectivity index (χ2n) is 3.57. The Balaban J connectivity index is 2.80. The third-order valence-corrected chi connectivity index (χ3v) is 4.21. The molecule has 0 radical (unpaired) electrons. The average molecular weight is 208 g/mol. The maximum atomic E-state index is 11.1. The first kappa shape index (κ1) is 10.5. The van der Waals surface area contributed by atoms with Crippen LogP contribution in [-0.2, 0) is 14.6 Å². The van der Waals surface area contributed by atoms with Crippen molar-refractivity contribution in [3.05, 3.63) is 0 Å². The molecular formula is C7H12O5S. The van der Waals surface area contributed by atoms with Gasteiger partial charge in [0.2, 0.25) is 0 Å². The molecule has 1 unspecified atom stereocenters. The van der Waals surface area contributed by atoms with E-state index in [1.165, 1.54) is 0 Å². The van der Waals surface area contributed by atoms with Crippen molar-refractivity contribution in [2.24, 2.45) is 5.41 Å². The number of hydrogen-bond acceptors (Lipinski definition) is 4. The quantitative estimate of drug-likeness (QED) is 0.637. The SMILES string of the molecule is O=C(O)CC1(CO)CCS(=O)(=O)C1. The molecule has 0 aromatic heterocycles. The Morgan fingerprint density at radius 3 is 2.38 bits per heavy atom. The van der Waals surface area contributed by atoms with Crippen LogP contribution in [-0.4, -0.2) is 42.7 Å². The molecule has 0 amide bonds. The summed E-state index contributed by atoms with van der Waals surface area (Å²) in [5.74, 6) is -1.28. The lowest BCUT2D eigenvalue weighted by molar-refractivity contribution is -0.140. The molecule has 1 fully saturated rings. The molecule has 1 aliphatic heterocycles. The van der Waals surface area contributed by atoms with Gasteiger partial charge in [-0.1, -0.05) is 0 Å². The minimum Gasteiger partial charge on any atom is -0.481 e. The van der Waals surface area contributed by atoms with Gasteiger partial charge in [-0.25, -0.2) is 8.42 Å². The molecule has 0 aromatic rings. The van der Waals surface area contributed by atoms with Crippen molar-refractivity contribution in [3.8, 4) is 0 Å². The van der Waals surface area contributed by atoms with Crippen LogP contribution in [0.5, 0.6) is 0 Å². The van der Waals surface area contributed by atoms with Crippen molar-refractivity contribution in [1.29, 1.82) is 0 Å². The maximum absolute atomic E-state index is 11.1. The molecule has 1 heterocycles. The third-order valence-electron chi connectivity index (χ3n) is 2.33. The highest BCUT2D eigenvalue weighted by atomic mass is 32.2. The van der Waals surface area contributed by atoms with Crippen LogP contribution in [0, 0.1) is 5.41 Å². The largest absolute Gasteiger partial charge is 0.481 e. The lowest BCUT2D eigenvalue weighted by atomic mass is 9.85. The van der Waals surface area contributed by atoms with Crippen LogP contribution in [0.2, 0.25) is 0 Å². The Labute approximate surface area is 76.3 Å². The zero-order valence-electron chi connectivity index (χ0n) is 7.06. The third kappa shape index (κ3) is 2.41. The highest BCUT2D eigenvalue weighted by Crippen LogP contribution is 2.34. The van der Waals surface area contributed by atoms with Crippen molar-refractivity contribution in [1.82, 2.24) is 0 Å². The Morgan fingerprint density at radius 1 is 1.46 bits per heavy atom. The molecule has 1 saturated heterocycles. The monoisotopic (exact) mass is 208 g/mol. The Morgan fingerprint density at radius 2 is 2.08 bits per heavy atom. The summed E-state index contributed by atoms with van der Waals surface area (Å²) >= 11 is 0. The number of carboxylic acids is 1. The number of carbonyl (C=O) groups is 1. The first-order chi connectivity index (χ1) is 5.89. The standard InChI is InChI=1S/C7H12O5S/c8-4-7(3-6(9)10)1-2-13(11,12)5-7/h8H,1-5H2,(H,9,10). The van der Waals surface area contributed by atoms with Gasteiger partial charge in [0, 0.05) is 5.41 Å². The van der Waals surface area contributed by atoms with E-state index in [2.05, 4.69) is 0 Å². The van der Waals surface area contributed by atoms with Crippen molar-refractivity contribution in [2.75, 3.05) is 18.1 Å². The van der Waals surface area contributed by atoms with Gasteiger partial charge >= 0.3 is 5.97 Å². The van der Waals surface area contributed by atoms with Crippen LogP contribution >= 0.6 is 0 Å². The summed E-state index contributed by atoms with van der Waals surface area (Å²) in [4.78, 5) is 10.4. The van der Waals surface area contributed by atoms with E-state index in [0.29, 0.717) is 0 Å². The molecule has 1 aliphatic rings. The minimum absolute atomic E-state index is 0.0131. The summed E-state index contributed by atoms with van der Waals surface area (Å²) in [6.45, 7) is -0.376. The van der Waals surface area contributed by atoms with Crippen molar-refractivity contribution in [2.45, 2.75) is 12.8 Å². The molecule has 0 saturated carbocycles. The molecule has 1 rings (SSSR count). The van der Waals surface area contributed by atoms with Gasteiger partial charge in [0.05, 0.1) is 24.5 Å². The zero-order valence-corrected chi connectivity index (χ0v) is 7.88. The Kier molecular flexibility index (Phi) is 2.63. The van der Waals surface area contributed by atoms with E-state index in [4.69, 9.17) is 10.2 Å². The van der Waals surface area contributed by atoms with Gasteiger partial charge in [0.1, 0.15) is 0 Å². The maximum Gasteiger partial charge on any atom is 0.304 e. The number of carboxylic acid groups (broad SMARTS) is 1. The number of hydrogen-bond donors (Lipinski definition) is 2. The molecular weight excluding hydrogens is 196 g/mol. The fraction of sp³-hybridized carbons (Fsp3) is 0.857. The van der Waals surface area contributed by atoms with Crippen molar-refractivity contribution < 1.29 is 23.4 Å². The van der Waals surface area contributed by atoms with Crippen LogP contribution in [0.3, 0.4) is 0 Å². The Hall–Kier alpha value is -0.620. The summed E-state index contributed by atoms with van der Waals surface area (Å²) in [5, 5.41) is 17.5. The van der Waals surface area contributed by atoms with Gasteiger partial charge in [-0.2, -0.15) is 0 Å². The number of aliphatic hydroxyl groups excluding tert-OH is 1. The molecule has 0 spiro atoms. The normalized spacial score (nSPS) is 31.8. The first-order valence-corrected chi connectivity index (χ1v) is 5.74. The summed E-state index contributed by atoms with van der Waals surface area (Å²) in [6, 6.07) is 0. The predicted molar refractivity (Wildman–Crippen MR) is 45.0 cm³/mol. The highest BCUT2D eigenvalue weighted by molar-refractivity contribution is 7.91. The fourth-order valence-electron chi connectivity index (χ4n) is 1.62. The molecule has 5 nitrogen and oxygen atoms in total. The van der Waals surface area contributed by atoms with Crippen LogP contribution in [0.15, 0.2) is 0 Å². The van der Waals surface area contributed by atoms with Gasteiger partial charge in [-0.3, -0.25) is 4.79 Å². The van der Waals surface area contributed by atoms with Crippen molar-refractivity contribution >= 4 is 15.8 Å². The van der Waals surface area contributed by atoms with Crippen molar-refractivity contribution in [3.63, 3.8) is 0 Å². The van der Waals surface area contributed by atoms with E-state index in [0.717, 1.165) is 0 Å². The summed E-state index contributed by atoms with van der Waals surface area (Å²) in [5.41, 5.74) is -0.940. The van der Waals surface area contributed by atoms with E-state index in [-0.39, 0.29) is 31.0 Å². The number of rotatable bonds is 3. The van der Waals surface area contributed by atoms with Crippen LogP contribution in [0.4, 0.5) is 0 Å². The van der Waals surface area contributed by atoms with Gasteiger partial charge in [0.25, 0.3) is 0 Å². The van der Waals surface area contributed by atoms with E-state index in [1.807, 2.05) is 0 Å². The average Bonchev–Trinajstić information content (AvgIpc) is 2.26. The van der Waals surface area contributed by atoms with Crippen LogP contribution in [0.1, 0.15) is 12.8 Å². The topological polar surface area (TPSA) is 91.7 Å². The van der Waals surface area contributed by atoms with E-state index < -0.39 is 21.2 Å². The fourth-order valence-corrected chi connectivity index (χ4v) is 3.78. The molecule has 1 atom stereocenters. The molecule has 0 aromatic carbocycles. The van der Waals surface area contributed by atoms with E-state index in [1.54, 1.807) is 0 Å². The van der Waals surface area contributed by atoms with E-state index >= 15 is 0 Å². The Bertz CT molecular complexity index is 307. The second-order valence-corrected chi connectivity index (χ2v) is 5.75. The van der Waals surface area contributed by atoms with Gasteiger partial charge in [-0.15, -0.1) is 0 Å². The summed E-state index contributed by atoms with van der Waals surface area (Å²) in [7, 11) is -3.13. The minimum atomic E-state index is -3.13. The molecule has 13 heavy (non-hydrogen) atoms. The lowest BCUT2D eigenvalue weighted by Crippen LogP contribution is -2.29. The smallest absolute Gasteiger partial charge is 0.304 e. The molecule has 0 bridgehead atoms. The molecule has 0 aliphatic carbocycles. The summed E-state index contributed by atoms with van der Waals surface area (Å²) in [6.07, 6.45) is -0.0269. The first-order valence-electron chi connectivity index (χ1n) is 3.92. The number of aliphatic hydroxyl groups is 1. The summed E-state index contributed by atoms with van der Waals surface area (Å²) < 4.78 is 22.2. The number of aliphatic carboxylic acids is 1. The zero-order chi connectivity index (χ0) is 10.1. The molecule has 2 N–H and O–H groups in total. The second kappa shape index (κ2) is 3.26. The molecule has 6 heteroatoms. The van der Waals surface area contributed by atoms with Gasteiger partial charge in [0.15, 0.2) is 9.84 Å².